The fraction of sp³-hybridized carbons (Fsp3) is 0.273. The smallest absolute Gasteiger partial charge is 0.458 e. The first-order chi connectivity index (χ1) is 8.15. The van der Waals surface area contributed by atoms with Crippen LogP contribution in [0.3, 0.4) is 0 Å². The molecule has 1 unspecified atom stereocenters. The summed E-state index contributed by atoms with van der Waals surface area (Å²) in [5, 5.41) is 0. The number of benzene rings is 1. The molecular formula is C11H9FO5. The minimum atomic E-state index is -0.771. The van der Waals surface area contributed by atoms with Crippen LogP contribution in [-0.4, -0.2) is 31.4 Å². The van der Waals surface area contributed by atoms with Gasteiger partial charge in [-0.1, -0.05) is 0 Å². The number of ether oxygens (including phenoxy) is 3. The second-order valence-corrected chi connectivity index (χ2v) is 3.41. The monoisotopic (exact) mass is 240 g/mol. The standard InChI is InChI=1S/C11H9FO5/c12-8-3-1-7(2-4-8)10(13)15-5-9-6-16-11(14)17-9/h1-4,9H,5-6H2. The Balaban J connectivity index is 1.85. The Morgan fingerprint density at radius 1 is 1.41 bits per heavy atom. The molecule has 1 heterocycles. The highest BCUT2D eigenvalue weighted by molar-refractivity contribution is 5.89. The van der Waals surface area contributed by atoms with Gasteiger partial charge in [-0.05, 0) is 24.3 Å². The summed E-state index contributed by atoms with van der Waals surface area (Å²) in [5.74, 6) is -1.03. The predicted octanol–water partition coefficient (Wildman–Crippen LogP) is 1.52. The molecule has 1 atom stereocenters. The summed E-state index contributed by atoms with van der Waals surface area (Å²) in [6.07, 6.45) is -1.35. The van der Waals surface area contributed by atoms with E-state index in [1.54, 1.807) is 0 Å². The molecule has 6 heteroatoms. The van der Waals surface area contributed by atoms with E-state index >= 15 is 0 Å². The summed E-state index contributed by atoms with van der Waals surface area (Å²) in [6, 6.07) is 4.95. The van der Waals surface area contributed by atoms with Crippen LogP contribution >= 0.6 is 0 Å². The third kappa shape index (κ3) is 2.93. The Kier molecular flexibility index (Phi) is 3.22. The average molecular weight is 240 g/mol. The first-order valence-electron chi connectivity index (χ1n) is 4.91. The number of cyclic esters (lactones) is 2. The highest BCUT2D eigenvalue weighted by atomic mass is 19.1. The van der Waals surface area contributed by atoms with Crippen molar-refractivity contribution in [1.82, 2.24) is 0 Å². The van der Waals surface area contributed by atoms with Crippen LogP contribution in [0.2, 0.25) is 0 Å². The van der Waals surface area contributed by atoms with E-state index in [-0.39, 0.29) is 18.8 Å². The molecular weight excluding hydrogens is 231 g/mol. The quantitative estimate of drug-likeness (QED) is 0.749. The molecule has 1 aromatic carbocycles. The van der Waals surface area contributed by atoms with Crippen LogP contribution in [-0.2, 0) is 14.2 Å². The van der Waals surface area contributed by atoms with Gasteiger partial charge in [-0.3, -0.25) is 0 Å². The van der Waals surface area contributed by atoms with Gasteiger partial charge in [-0.25, -0.2) is 14.0 Å². The average Bonchev–Trinajstić information content (AvgIpc) is 2.73. The van der Waals surface area contributed by atoms with Gasteiger partial charge in [0.15, 0.2) is 6.10 Å². The lowest BCUT2D eigenvalue weighted by Gasteiger charge is -2.07. The number of halogens is 1. The van der Waals surface area contributed by atoms with Crippen molar-refractivity contribution in [2.45, 2.75) is 6.10 Å². The second-order valence-electron chi connectivity index (χ2n) is 3.41. The minimum absolute atomic E-state index is 0.0650. The van der Waals surface area contributed by atoms with E-state index in [1.165, 1.54) is 12.1 Å². The normalized spacial score (nSPS) is 18.4. The molecule has 0 amide bonds. The van der Waals surface area contributed by atoms with Crippen LogP contribution in [0.4, 0.5) is 9.18 Å². The maximum Gasteiger partial charge on any atom is 0.508 e. The Morgan fingerprint density at radius 3 is 2.71 bits per heavy atom. The lowest BCUT2D eigenvalue weighted by Crippen LogP contribution is -2.20. The van der Waals surface area contributed by atoms with Crippen molar-refractivity contribution >= 4 is 12.1 Å². The van der Waals surface area contributed by atoms with Crippen LogP contribution in [0, 0.1) is 5.82 Å². The van der Waals surface area contributed by atoms with E-state index < -0.39 is 24.0 Å². The number of carbonyl (C=O) groups is 2. The zero-order valence-electron chi connectivity index (χ0n) is 8.72. The SMILES string of the molecule is O=C1OCC(COC(=O)c2ccc(F)cc2)O1. The molecule has 90 valence electrons. The molecule has 1 aliphatic rings. The first-order valence-corrected chi connectivity index (χ1v) is 4.91. The molecule has 0 radical (unpaired) electrons. The molecule has 1 fully saturated rings. The Bertz CT molecular complexity index is 428. The second kappa shape index (κ2) is 4.82. The highest BCUT2D eigenvalue weighted by Crippen LogP contribution is 2.09. The van der Waals surface area contributed by atoms with Crippen LogP contribution in [0.1, 0.15) is 10.4 Å². The van der Waals surface area contributed by atoms with Crippen LogP contribution in [0.5, 0.6) is 0 Å². The summed E-state index contributed by atoms with van der Waals surface area (Å²) in [5.41, 5.74) is 0.233. The topological polar surface area (TPSA) is 61.8 Å². The fourth-order valence-electron chi connectivity index (χ4n) is 1.29. The maximum absolute atomic E-state index is 12.6. The third-order valence-electron chi connectivity index (χ3n) is 2.13. The Morgan fingerprint density at radius 2 is 2.12 bits per heavy atom. The largest absolute Gasteiger partial charge is 0.508 e. The van der Waals surface area contributed by atoms with Gasteiger partial charge in [0.05, 0.1) is 5.56 Å². The molecule has 5 nitrogen and oxygen atoms in total. The number of rotatable bonds is 3. The molecule has 0 saturated carbocycles. The van der Waals surface area contributed by atoms with E-state index in [2.05, 4.69) is 9.47 Å². The van der Waals surface area contributed by atoms with E-state index in [4.69, 9.17) is 4.74 Å². The zero-order chi connectivity index (χ0) is 12.3. The molecule has 0 aromatic heterocycles. The van der Waals surface area contributed by atoms with Crippen molar-refractivity contribution in [2.24, 2.45) is 0 Å². The molecule has 1 saturated heterocycles. The maximum atomic E-state index is 12.6. The number of hydrogen-bond acceptors (Lipinski definition) is 5. The van der Waals surface area contributed by atoms with Crippen LogP contribution in [0.25, 0.3) is 0 Å². The van der Waals surface area contributed by atoms with Gasteiger partial charge in [-0.15, -0.1) is 0 Å². The predicted molar refractivity (Wildman–Crippen MR) is 52.9 cm³/mol. The number of carbonyl (C=O) groups excluding carboxylic acids is 2. The summed E-state index contributed by atoms with van der Waals surface area (Å²) < 4.78 is 26.7. The molecule has 17 heavy (non-hydrogen) atoms. The van der Waals surface area contributed by atoms with Gasteiger partial charge >= 0.3 is 12.1 Å². The number of hydrogen-bond donors (Lipinski definition) is 0. The summed E-state index contributed by atoms with van der Waals surface area (Å²) in [4.78, 5) is 22.0. The minimum Gasteiger partial charge on any atom is -0.458 e. The lowest BCUT2D eigenvalue weighted by atomic mass is 10.2. The van der Waals surface area contributed by atoms with Crippen molar-refractivity contribution < 1.29 is 28.2 Å². The van der Waals surface area contributed by atoms with Crippen molar-refractivity contribution in [1.29, 1.82) is 0 Å². The van der Waals surface area contributed by atoms with Crippen molar-refractivity contribution in [3.05, 3.63) is 35.6 Å². The van der Waals surface area contributed by atoms with Crippen molar-refractivity contribution in [2.75, 3.05) is 13.2 Å². The van der Waals surface area contributed by atoms with Crippen molar-refractivity contribution in [3.8, 4) is 0 Å². The molecule has 1 aromatic rings. The molecule has 0 spiro atoms. The molecule has 0 bridgehead atoms. The lowest BCUT2D eigenvalue weighted by molar-refractivity contribution is 0.0300. The Hall–Kier alpha value is -2.11. The van der Waals surface area contributed by atoms with E-state index in [0.29, 0.717) is 0 Å². The van der Waals surface area contributed by atoms with Gasteiger partial charge in [0.1, 0.15) is 19.0 Å². The number of esters is 1. The summed E-state index contributed by atoms with van der Waals surface area (Å²) in [7, 11) is 0. The molecule has 0 N–H and O–H groups in total. The van der Waals surface area contributed by atoms with Crippen molar-refractivity contribution in [3.63, 3.8) is 0 Å². The third-order valence-corrected chi connectivity index (χ3v) is 2.13. The van der Waals surface area contributed by atoms with Gasteiger partial charge in [-0.2, -0.15) is 0 Å². The molecule has 2 rings (SSSR count). The zero-order valence-corrected chi connectivity index (χ0v) is 8.72. The van der Waals surface area contributed by atoms with Crippen LogP contribution < -0.4 is 0 Å². The fourth-order valence-corrected chi connectivity index (χ4v) is 1.29. The summed E-state index contributed by atoms with van der Waals surface area (Å²) >= 11 is 0. The van der Waals surface area contributed by atoms with E-state index in [0.717, 1.165) is 12.1 Å². The van der Waals surface area contributed by atoms with Gasteiger partial charge in [0.2, 0.25) is 0 Å². The van der Waals surface area contributed by atoms with E-state index in [9.17, 15) is 14.0 Å². The highest BCUT2D eigenvalue weighted by Gasteiger charge is 2.26. The molecule has 1 aliphatic heterocycles. The summed E-state index contributed by atoms with van der Waals surface area (Å²) in [6.45, 7) is -0.0164. The Labute approximate surface area is 96.1 Å². The van der Waals surface area contributed by atoms with Gasteiger partial charge < -0.3 is 14.2 Å². The van der Waals surface area contributed by atoms with Gasteiger partial charge in [0.25, 0.3) is 0 Å². The molecule has 0 aliphatic carbocycles. The van der Waals surface area contributed by atoms with E-state index in [1.807, 2.05) is 0 Å². The van der Waals surface area contributed by atoms with Gasteiger partial charge in [0, 0.05) is 0 Å². The van der Waals surface area contributed by atoms with Crippen LogP contribution in [0.15, 0.2) is 24.3 Å². The first kappa shape index (κ1) is 11.4.